The zero-order valence-corrected chi connectivity index (χ0v) is 13.2. The number of carbonyl (C=O) groups is 1. The maximum absolute atomic E-state index is 12.0. The maximum atomic E-state index is 12.0. The number of benzene rings is 1. The highest BCUT2D eigenvalue weighted by Gasteiger charge is 2.33. The maximum Gasteiger partial charge on any atom is 0.223 e. The molecule has 0 spiro atoms. The number of amides is 1. The summed E-state index contributed by atoms with van der Waals surface area (Å²) < 4.78 is 0. The van der Waals surface area contributed by atoms with Crippen LogP contribution in [0.15, 0.2) is 35.7 Å². The van der Waals surface area contributed by atoms with Crippen LogP contribution in [0.1, 0.15) is 37.1 Å². The average Bonchev–Trinajstić information content (AvgIpc) is 3.15. The predicted molar refractivity (Wildman–Crippen MR) is 87.4 cm³/mol. The Kier molecular flexibility index (Phi) is 4.55. The predicted octanol–water partition coefficient (Wildman–Crippen LogP) is 3.12. The molecule has 2 aromatic rings. The van der Waals surface area contributed by atoms with Crippen molar-refractivity contribution >= 4 is 17.2 Å². The molecule has 0 radical (unpaired) electrons. The van der Waals surface area contributed by atoms with Crippen molar-refractivity contribution < 1.29 is 9.90 Å². The van der Waals surface area contributed by atoms with Crippen molar-refractivity contribution in [2.45, 2.75) is 44.2 Å². The summed E-state index contributed by atoms with van der Waals surface area (Å²) in [5.41, 5.74) is 1.23. The van der Waals surface area contributed by atoms with Crippen LogP contribution >= 0.6 is 11.3 Å². The third kappa shape index (κ3) is 3.72. The summed E-state index contributed by atoms with van der Waals surface area (Å²) in [6.45, 7) is 0.423. The summed E-state index contributed by atoms with van der Waals surface area (Å²) in [6.07, 6.45) is 3.68. The van der Waals surface area contributed by atoms with E-state index in [0.717, 1.165) is 41.9 Å². The first-order valence-corrected chi connectivity index (χ1v) is 8.52. The monoisotopic (exact) mass is 316 g/mol. The van der Waals surface area contributed by atoms with Crippen LogP contribution in [-0.4, -0.2) is 21.6 Å². The van der Waals surface area contributed by atoms with Crippen molar-refractivity contribution in [2.24, 2.45) is 0 Å². The minimum Gasteiger partial charge on any atom is -0.389 e. The lowest BCUT2D eigenvalue weighted by molar-refractivity contribution is -0.126. The van der Waals surface area contributed by atoms with E-state index in [2.05, 4.69) is 10.3 Å². The number of aromatic nitrogens is 1. The van der Waals surface area contributed by atoms with Gasteiger partial charge in [-0.25, -0.2) is 4.98 Å². The highest BCUT2D eigenvalue weighted by Crippen LogP contribution is 2.32. The molecule has 3 rings (SSSR count). The van der Waals surface area contributed by atoms with Crippen LogP contribution in [0.3, 0.4) is 0 Å². The van der Waals surface area contributed by atoms with Crippen LogP contribution in [0.4, 0.5) is 0 Å². The Morgan fingerprint density at radius 1 is 1.27 bits per heavy atom. The number of carbonyl (C=O) groups excluding carboxylic acids is 1. The molecule has 1 aliphatic carbocycles. The zero-order chi connectivity index (χ0) is 15.4. The van der Waals surface area contributed by atoms with Gasteiger partial charge < -0.3 is 10.4 Å². The third-order valence-electron chi connectivity index (χ3n) is 4.08. The summed E-state index contributed by atoms with van der Waals surface area (Å²) in [6, 6.07) is 9.99. The van der Waals surface area contributed by atoms with E-state index < -0.39 is 5.60 Å². The summed E-state index contributed by atoms with van der Waals surface area (Å²) in [5.74, 6) is -0.0964. The van der Waals surface area contributed by atoms with Gasteiger partial charge in [0, 0.05) is 10.9 Å². The summed E-state index contributed by atoms with van der Waals surface area (Å²) in [5, 5.41) is 16.0. The van der Waals surface area contributed by atoms with Crippen molar-refractivity contribution in [1.82, 2.24) is 10.3 Å². The number of thiazole rings is 1. The highest BCUT2D eigenvalue weighted by atomic mass is 32.1. The van der Waals surface area contributed by atoms with E-state index in [0.29, 0.717) is 6.54 Å². The molecule has 116 valence electrons. The van der Waals surface area contributed by atoms with Gasteiger partial charge in [0.05, 0.1) is 24.3 Å². The molecule has 0 unspecified atom stereocenters. The first-order valence-electron chi connectivity index (χ1n) is 7.64. The van der Waals surface area contributed by atoms with E-state index in [9.17, 15) is 9.90 Å². The second-order valence-corrected chi connectivity index (χ2v) is 6.82. The molecule has 1 amide bonds. The lowest BCUT2D eigenvalue weighted by Crippen LogP contribution is -2.34. The fraction of sp³-hybridized carbons (Fsp3) is 0.412. The molecule has 2 N–H and O–H groups in total. The van der Waals surface area contributed by atoms with E-state index in [-0.39, 0.29) is 12.3 Å². The second-order valence-electron chi connectivity index (χ2n) is 5.88. The Labute approximate surface area is 134 Å². The fourth-order valence-electron chi connectivity index (χ4n) is 2.88. The number of nitrogens with zero attached hydrogens (tertiary/aromatic N) is 1. The Morgan fingerprint density at radius 3 is 2.73 bits per heavy atom. The van der Waals surface area contributed by atoms with Gasteiger partial charge in [0.2, 0.25) is 5.91 Å². The number of nitrogens with one attached hydrogen (secondary N) is 1. The Balaban J connectivity index is 1.54. The summed E-state index contributed by atoms with van der Waals surface area (Å²) >= 11 is 1.54. The fourth-order valence-corrected chi connectivity index (χ4v) is 3.62. The number of rotatable bonds is 5. The van der Waals surface area contributed by atoms with Crippen molar-refractivity contribution in [3.63, 3.8) is 0 Å². The van der Waals surface area contributed by atoms with Gasteiger partial charge in [0.1, 0.15) is 5.01 Å². The third-order valence-corrected chi connectivity index (χ3v) is 4.93. The standard InChI is InChI=1S/C17H20N2O2S/c20-15(10-17(21)8-4-5-9-17)18-11-16-19-14(12-22-16)13-6-2-1-3-7-13/h1-3,6-7,12,21H,4-5,8-11H2,(H,18,20). The largest absolute Gasteiger partial charge is 0.389 e. The van der Waals surface area contributed by atoms with Crippen molar-refractivity contribution in [2.75, 3.05) is 0 Å². The van der Waals surface area contributed by atoms with Gasteiger partial charge in [-0.2, -0.15) is 0 Å². The van der Waals surface area contributed by atoms with Gasteiger partial charge in [-0.15, -0.1) is 11.3 Å². The minimum atomic E-state index is -0.790. The van der Waals surface area contributed by atoms with E-state index in [1.807, 2.05) is 35.7 Å². The second kappa shape index (κ2) is 6.58. The molecule has 1 aromatic heterocycles. The molecule has 1 aromatic carbocycles. The first-order chi connectivity index (χ1) is 10.6. The topological polar surface area (TPSA) is 62.2 Å². The first kappa shape index (κ1) is 15.2. The van der Waals surface area contributed by atoms with Crippen LogP contribution in [0.25, 0.3) is 11.3 Å². The van der Waals surface area contributed by atoms with Crippen LogP contribution in [0.2, 0.25) is 0 Å². The summed E-state index contributed by atoms with van der Waals surface area (Å²) in [7, 11) is 0. The van der Waals surface area contributed by atoms with Crippen molar-refractivity contribution in [3.05, 3.63) is 40.7 Å². The lowest BCUT2D eigenvalue weighted by atomic mass is 9.98. The zero-order valence-electron chi connectivity index (χ0n) is 12.4. The smallest absolute Gasteiger partial charge is 0.223 e. The van der Waals surface area contributed by atoms with Crippen LogP contribution in [0, 0.1) is 0 Å². The number of aliphatic hydroxyl groups is 1. The van der Waals surface area contributed by atoms with Crippen LogP contribution in [0.5, 0.6) is 0 Å². The SMILES string of the molecule is O=C(CC1(O)CCCC1)NCc1nc(-c2ccccc2)cs1. The quantitative estimate of drug-likeness (QED) is 0.891. The van der Waals surface area contributed by atoms with Crippen LogP contribution in [-0.2, 0) is 11.3 Å². The molecule has 1 saturated carbocycles. The van der Waals surface area contributed by atoms with Crippen molar-refractivity contribution in [1.29, 1.82) is 0 Å². The number of hydrogen-bond acceptors (Lipinski definition) is 4. The molecule has 1 aliphatic rings. The van der Waals surface area contributed by atoms with E-state index in [1.165, 1.54) is 11.3 Å². The van der Waals surface area contributed by atoms with Gasteiger partial charge in [-0.1, -0.05) is 43.2 Å². The minimum absolute atomic E-state index is 0.0964. The van der Waals surface area contributed by atoms with Gasteiger partial charge in [-0.05, 0) is 12.8 Å². The van der Waals surface area contributed by atoms with Gasteiger partial charge in [-0.3, -0.25) is 4.79 Å². The van der Waals surface area contributed by atoms with Crippen molar-refractivity contribution in [3.8, 4) is 11.3 Å². The lowest BCUT2D eigenvalue weighted by Gasteiger charge is -2.20. The molecule has 0 atom stereocenters. The molecule has 0 bridgehead atoms. The normalized spacial score (nSPS) is 16.6. The molecule has 1 fully saturated rings. The molecule has 4 nitrogen and oxygen atoms in total. The van der Waals surface area contributed by atoms with E-state index in [1.54, 1.807) is 0 Å². The Hall–Kier alpha value is -1.72. The van der Waals surface area contributed by atoms with Gasteiger partial charge in [0.15, 0.2) is 0 Å². The molecule has 1 heterocycles. The van der Waals surface area contributed by atoms with E-state index >= 15 is 0 Å². The molecular weight excluding hydrogens is 296 g/mol. The Morgan fingerprint density at radius 2 is 2.00 bits per heavy atom. The number of hydrogen-bond donors (Lipinski definition) is 2. The molecule has 0 saturated heterocycles. The van der Waals surface area contributed by atoms with Gasteiger partial charge in [0.25, 0.3) is 0 Å². The Bertz CT molecular complexity index is 633. The molecule has 0 aliphatic heterocycles. The average molecular weight is 316 g/mol. The van der Waals surface area contributed by atoms with Crippen LogP contribution < -0.4 is 5.32 Å². The molecule has 5 heteroatoms. The molecule has 22 heavy (non-hydrogen) atoms. The van der Waals surface area contributed by atoms with E-state index in [4.69, 9.17) is 0 Å². The summed E-state index contributed by atoms with van der Waals surface area (Å²) in [4.78, 5) is 16.5. The van der Waals surface area contributed by atoms with Gasteiger partial charge >= 0.3 is 0 Å². The highest BCUT2D eigenvalue weighted by molar-refractivity contribution is 7.09. The molecular formula is C17H20N2O2S.